The largest absolute Gasteiger partial charge is 0.458 e. The van der Waals surface area contributed by atoms with Crippen LogP contribution in [0.25, 0.3) is 10.9 Å². The normalized spacial score (nSPS) is 13.5. The van der Waals surface area contributed by atoms with Gasteiger partial charge in [-0.1, -0.05) is 23.7 Å². The summed E-state index contributed by atoms with van der Waals surface area (Å²) in [5.41, 5.74) is 0.375. The molecule has 19 heavy (non-hydrogen) atoms. The van der Waals surface area contributed by atoms with E-state index < -0.39 is 11.6 Å². The molecule has 0 N–H and O–H groups in total. The Balaban J connectivity index is 2.37. The Morgan fingerprint density at radius 1 is 1.32 bits per heavy atom. The minimum absolute atomic E-state index is 0.259. The van der Waals surface area contributed by atoms with Gasteiger partial charge in [0, 0.05) is 11.6 Å². The number of carbonyl (C=O) groups is 1. The third-order valence-corrected chi connectivity index (χ3v) is 3.16. The van der Waals surface area contributed by atoms with E-state index in [-0.39, 0.29) is 5.97 Å². The molecule has 0 spiro atoms. The summed E-state index contributed by atoms with van der Waals surface area (Å²) >= 11 is 6.21. The monoisotopic (exact) mass is 279 g/mol. The molecule has 0 bridgehead atoms. The highest BCUT2D eigenvalue weighted by molar-refractivity contribution is 6.35. The molecule has 1 unspecified atom stereocenters. The lowest BCUT2D eigenvalue weighted by molar-refractivity contribution is -0.158. The van der Waals surface area contributed by atoms with Crippen LogP contribution in [0.3, 0.4) is 0 Å². The second-order valence-corrected chi connectivity index (χ2v) is 6.02. The van der Waals surface area contributed by atoms with Crippen LogP contribution < -0.4 is 0 Å². The molecule has 1 aromatic carbocycles. The van der Waals surface area contributed by atoms with Crippen molar-refractivity contribution < 1.29 is 9.53 Å². The highest BCUT2D eigenvalue weighted by Gasteiger charge is 2.24. The summed E-state index contributed by atoms with van der Waals surface area (Å²) in [7, 11) is 0. The average molecular weight is 280 g/mol. The summed E-state index contributed by atoms with van der Waals surface area (Å²) < 4.78 is 7.26. The number of esters is 1. The van der Waals surface area contributed by atoms with Crippen molar-refractivity contribution in [2.75, 3.05) is 0 Å². The second kappa shape index (κ2) is 4.89. The number of benzene rings is 1. The minimum Gasteiger partial charge on any atom is -0.458 e. The van der Waals surface area contributed by atoms with Crippen molar-refractivity contribution in [3.05, 3.63) is 35.5 Å². The van der Waals surface area contributed by atoms with Gasteiger partial charge in [0.1, 0.15) is 11.6 Å². The Kier molecular flexibility index (Phi) is 3.59. The van der Waals surface area contributed by atoms with Gasteiger partial charge in [-0.25, -0.2) is 4.79 Å². The van der Waals surface area contributed by atoms with E-state index in [1.54, 1.807) is 0 Å². The molecular formula is C15H18ClNO2. The van der Waals surface area contributed by atoms with E-state index in [0.29, 0.717) is 5.02 Å². The Morgan fingerprint density at radius 3 is 2.63 bits per heavy atom. The molecule has 3 nitrogen and oxygen atoms in total. The third kappa shape index (κ3) is 2.92. The van der Waals surface area contributed by atoms with Crippen LogP contribution >= 0.6 is 11.6 Å². The Bertz CT molecular complexity index is 610. The molecule has 2 rings (SSSR count). The van der Waals surface area contributed by atoms with E-state index in [1.807, 2.05) is 62.7 Å². The Labute approximate surface area is 118 Å². The van der Waals surface area contributed by atoms with Crippen molar-refractivity contribution >= 4 is 28.5 Å². The molecule has 0 aliphatic heterocycles. The number of nitrogens with zero attached hydrogens (tertiary/aromatic N) is 1. The number of hydrogen-bond acceptors (Lipinski definition) is 2. The number of rotatable bonds is 2. The van der Waals surface area contributed by atoms with Crippen LogP contribution in [0.15, 0.2) is 30.5 Å². The van der Waals surface area contributed by atoms with E-state index in [9.17, 15) is 4.79 Å². The molecule has 1 heterocycles. The van der Waals surface area contributed by atoms with Crippen molar-refractivity contribution in [1.82, 2.24) is 4.57 Å². The second-order valence-electron chi connectivity index (χ2n) is 5.61. The van der Waals surface area contributed by atoms with E-state index in [4.69, 9.17) is 16.3 Å². The van der Waals surface area contributed by atoms with Gasteiger partial charge in [0.2, 0.25) is 0 Å². The van der Waals surface area contributed by atoms with Gasteiger partial charge in [0.05, 0.1) is 10.5 Å². The molecule has 0 saturated carbocycles. The van der Waals surface area contributed by atoms with Gasteiger partial charge in [-0.3, -0.25) is 0 Å². The molecular weight excluding hydrogens is 262 g/mol. The highest BCUT2D eigenvalue weighted by atomic mass is 35.5. The van der Waals surface area contributed by atoms with E-state index >= 15 is 0 Å². The smallest absolute Gasteiger partial charge is 0.329 e. The van der Waals surface area contributed by atoms with Crippen molar-refractivity contribution in [1.29, 1.82) is 0 Å². The number of ether oxygens (including phenoxy) is 1. The number of para-hydroxylation sites is 1. The first-order chi connectivity index (χ1) is 8.79. The maximum atomic E-state index is 12.1. The van der Waals surface area contributed by atoms with Crippen molar-refractivity contribution in [2.45, 2.75) is 39.3 Å². The number of aromatic nitrogens is 1. The van der Waals surface area contributed by atoms with Gasteiger partial charge in [0.25, 0.3) is 0 Å². The fourth-order valence-electron chi connectivity index (χ4n) is 2.00. The standard InChI is InChI=1S/C15H18ClNO2/c1-10(14(18)19-15(2,3)4)17-9-8-11-6-5-7-12(16)13(11)17/h5-10H,1-4H3. The maximum absolute atomic E-state index is 12.1. The molecule has 1 aromatic heterocycles. The van der Waals surface area contributed by atoms with Crippen LogP contribution in [-0.4, -0.2) is 16.1 Å². The van der Waals surface area contributed by atoms with Crippen LogP contribution in [0.2, 0.25) is 5.02 Å². The lowest BCUT2D eigenvalue weighted by Crippen LogP contribution is -2.28. The first-order valence-electron chi connectivity index (χ1n) is 6.27. The average Bonchev–Trinajstić information content (AvgIpc) is 2.71. The lowest BCUT2D eigenvalue weighted by atomic mass is 10.2. The van der Waals surface area contributed by atoms with Crippen LogP contribution in [0, 0.1) is 0 Å². The van der Waals surface area contributed by atoms with Gasteiger partial charge < -0.3 is 9.30 Å². The summed E-state index contributed by atoms with van der Waals surface area (Å²) in [6, 6.07) is 7.23. The molecule has 0 amide bonds. The third-order valence-electron chi connectivity index (χ3n) is 2.86. The fraction of sp³-hybridized carbons (Fsp3) is 0.400. The molecule has 1 atom stereocenters. The zero-order valence-corrected chi connectivity index (χ0v) is 12.4. The molecule has 0 aliphatic rings. The predicted octanol–water partition coefficient (Wildman–Crippen LogP) is 4.20. The lowest BCUT2D eigenvalue weighted by Gasteiger charge is -2.23. The first-order valence-corrected chi connectivity index (χ1v) is 6.65. The Hall–Kier alpha value is -1.48. The molecule has 4 heteroatoms. The zero-order valence-electron chi connectivity index (χ0n) is 11.6. The number of fused-ring (bicyclic) bond motifs is 1. The quantitative estimate of drug-likeness (QED) is 0.772. The summed E-state index contributed by atoms with van der Waals surface area (Å²) in [4.78, 5) is 12.1. The molecule has 0 aliphatic carbocycles. The molecule has 0 radical (unpaired) electrons. The predicted molar refractivity (Wildman–Crippen MR) is 77.5 cm³/mol. The molecule has 2 aromatic rings. The van der Waals surface area contributed by atoms with Crippen molar-refractivity contribution in [3.8, 4) is 0 Å². The summed E-state index contributed by atoms with van der Waals surface area (Å²) in [6.07, 6.45) is 1.87. The van der Waals surface area contributed by atoms with Gasteiger partial charge in [-0.05, 0) is 39.8 Å². The van der Waals surface area contributed by atoms with Crippen LogP contribution in [-0.2, 0) is 9.53 Å². The van der Waals surface area contributed by atoms with E-state index in [1.165, 1.54) is 0 Å². The van der Waals surface area contributed by atoms with Crippen molar-refractivity contribution in [2.24, 2.45) is 0 Å². The highest BCUT2D eigenvalue weighted by Crippen LogP contribution is 2.28. The van der Waals surface area contributed by atoms with Crippen LogP contribution in [0.1, 0.15) is 33.7 Å². The van der Waals surface area contributed by atoms with E-state index in [0.717, 1.165) is 10.9 Å². The SMILES string of the molecule is CC(C(=O)OC(C)(C)C)n1ccc2cccc(Cl)c21. The summed E-state index contributed by atoms with van der Waals surface area (Å²) in [5, 5.41) is 1.65. The van der Waals surface area contributed by atoms with Gasteiger partial charge >= 0.3 is 5.97 Å². The van der Waals surface area contributed by atoms with Gasteiger partial charge in [0.15, 0.2) is 0 Å². The molecule has 0 fully saturated rings. The van der Waals surface area contributed by atoms with Gasteiger partial charge in [-0.2, -0.15) is 0 Å². The fourth-order valence-corrected chi connectivity index (χ4v) is 2.28. The first kappa shape index (κ1) is 13.9. The van der Waals surface area contributed by atoms with Gasteiger partial charge in [-0.15, -0.1) is 0 Å². The molecule has 0 saturated heterocycles. The van der Waals surface area contributed by atoms with Crippen LogP contribution in [0.4, 0.5) is 0 Å². The topological polar surface area (TPSA) is 31.2 Å². The van der Waals surface area contributed by atoms with E-state index in [2.05, 4.69) is 0 Å². The number of halogens is 1. The Morgan fingerprint density at radius 2 is 2.00 bits per heavy atom. The maximum Gasteiger partial charge on any atom is 0.329 e. The number of carbonyl (C=O) groups excluding carboxylic acids is 1. The summed E-state index contributed by atoms with van der Waals surface area (Å²) in [6.45, 7) is 7.39. The van der Waals surface area contributed by atoms with Crippen molar-refractivity contribution in [3.63, 3.8) is 0 Å². The molecule has 102 valence electrons. The number of hydrogen-bond donors (Lipinski definition) is 0. The van der Waals surface area contributed by atoms with Crippen LogP contribution in [0.5, 0.6) is 0 Å². The minimum atomic E-state index is -0.488. The summed E-state index contributed by atoms with van der Waals surface area (Å²) in [5.74, 6) is -0.259. The zero-order chi connectivity index (χ0) is 14.2.